The van der Waals surface area contributed by atoms with Crippen molar-refractivity contribution in [1.29, 1.82) is 0 Å². The minimum absolute atomic E-state index is 0.139. The minimum atomic E-state index is -0.382. The number of ether oxygens (including phenoxy) is 1. The molecule has 26 heavy (non-hydrogen) atoms. The molecule has 1 aliphatic rings. The standard InChI is InChI=1S/C21H25FN2O2/c1-26-20-9-7-17(15-19(20)22)8-10-21(25)24-13-11-23(12-14-24)16-18-5-3-2-4-6-18/h2-7,9,15H,8,10-14,16H2,1H3. The maximum atomic E-state index is 13.7. The van der Waals surface area contributed by atoms with Crippen LogP contribution in [0.2, 0.25) is 0 Å². The summed E-state index contributed by atoms with van der Waals surface area (Å²) in [6.07, 6.45) is 0.953. The molecule has 138 valence electrons. The third-order valence-corrected chi connectivity index (χ3v) is 4.82. The quantitative estimate of drug-likeness (QED) is 0.797. The van der Waals surface area contributed by atoms with Gasteiger partial charge in [-0.3, -0.25) is 9.69 Å². The van der Waals surface area contributed by atoms with Crippen LogP contribution in [0.4, 0.5) is 4.39 Å². The van der Waals surface area contributed by atoms with Crippen molar-refractivity contribution in [1.82, 2.24) is 9.80 Å². The fourth-order valence-corrected chi connectivity index (χ4v) is 3.27. The van der Waals surface area contributed by atoms with E-state index in [1.165, 1.54) is 18.7 Å². The van der Waals surface area contributed by atoms with Gasteiger partial charge >= 0.3 is 0 Å². The summed E-state index contributed by atoms with van der Waals surface area (Å²) >= 11 is 0. The average Bonchev–Trinajstić information content (AvgIpc) is 2.67. The molecule has 0 aromatic heterocycles. The molecule has 1 heterocycles. The third kappa shape index (κ3) is 4.82. The van der Waals surface area contributed by atoms with E-state index >= 15 is 0 Å². The number of amides is 1. The third-order valence-electron chi connectivity index (χ3n) is 4.82. The maximum absolute atomic E-state index is 13.7. The summed E-state index contributed by atoms with van der Waals surface area (Å²) in [5, 5.41) is 0. The molecule has 1 amide bonds. The van der Waals surface area contributed by atoms with Crippen molar-refractivity contribution in [3.05, 3.63) is 65.5 Å². The summed E-state index contributed by atoms with van der Waals surface area (Å²) in [5.74, 6) is -0.0119. The van der Waals surface area contributed by atoms with Crippen molar-refractivity contribution >= 4 is 5.91 Å². The number of benzene rings is 2. The summed E-state index contributed by atoms with van der Waals surface area (Å²) in [4.78, 5) is 16.7. The highest BCUT2D eigenvalue weighted by molar-refractivity contribution is 5.76. The lowest BCUT2D eigenvalue weighted by Gasteiger charge is -2.34. The van der Waals surface area contributed by atoms with Crippen LogP contribution >= 0.6 is 0 Å². The lowest BCUT2D eigenvalue weighted by atomic mass is 10.1. The first-order chi connectivity index (χ1) is 12.7. The van der Waals surface area contributed by atoms with Crippen LogP contribution in [0.5, 0.6) is 5.75 Å². The van der Waals surface area contributed by atoms with Gasteiger partial charge in [0.1, 0.15) is 0 Å². The Morgan fingerprint density at radius 3 is 2.42 bits per heavy atom. The van der Waals surface area contributed by atoms with Gasteiger partial charge in [0.05, 0.1) is 7.11 Å². The van der Waals surface area contributed by atoms with Crippen molar-refractivity contribution in [3.63, 3.8) is 0 Å². The van der Waals surface area contributed by atoms with E-state index in [1.807, 2.05) is 17.0 Å². The number of aryl methyl sites for hydroxylation is 1. The number of halogens is 1. The molecular weight excluding hydrogens is 331 g/mol. The molecule has 0 spiro atoms. The number of piperazine rings is 1. The van der Waals surface area contributed by atoms with E-state index in [1.54, 1.807) is 6.07 Å². The first-order valence-corrected chi connectivity index (χ1v) is 9.02. The number of carbonyl (C=O) groups is 1. The molecule has 2 aromatic rings. The number of hydrogen-bond acceptors (Lipinski definition) is 3. The highest BCUT2D eigenvalue weighted by atomic mass is 19.1. The van der Waals surface area contributed by atoms with Crippen molar-refractivity contribution in [3.8, 4) is 5.75 Å². The molecule has 0 unspecified atom stereocenters. The van der Waals surface area contributed by atoms with E-state index in [0.717, 1.165) is 38.3 Å². The minimum Gasteiger partial charge on any atom is -0.494 e. The predicted molar refractivity (Wildman–Crippen MR) is 99.6 cm³/mol. The van der Waals surface area contributed by atoms with E-state index in [4.69, 9.17) is 4.74 Å². The van der Waals surface area contributed by atoms with Gasteiger partial charge in [-0.2, -0.15) is 0 Å². The second kappa shape index (κ2) is 8.81. The first-order valence-electron chi connectivity index (χ1n) is 9.02. The molecule has 0 bridgehead atoms. The van der Waals surface area contributed by atoms with Gasteiger partial charge in [0.2, 0.25) is 5.91 Å². The number of carbonyl (C=O) groups excluding carboxylic acids is 1. The summed E-state index contributed by atoms with van der Waals surface area (Å²) in [6.45, 7) is 4.20. The van der Waals surface area contributed by atoms with E-state index < -0.39 is 0 Å². The second-order valence-corrected chi connectivity index (χ2v) is 6.61. The number of nitrogens with zero attached hydrogens (tertiary/aromatic N) is 2. The lowest BCUT2D eigenvalue weighted by Crippen LogP contribution is -2.48. The highest BCUT2D eigenvalue weighted by Crippen LogP contribution is 2.19. The van der Waals surface area contributed by atoms with Gasteiger partial charge in [0.25, 0.3) is 0 Å². The van der Waals surface area contributed by atoms with E-state index in [2.05, 4.69) is 29.2 Å². The predicted octanol–water partition coefficient (Wildman–Crippen LogP) is 3.11. The van der Waals surface area contributed by atoms with Gasteiger partial charge in [0, 0.05) is 39.1 Å². The number of rotatable bonds is 6. The Hall–Kier alpha value is -2.40. The summed E-state index contributed by atoms with van der Waals surface area (Å²) in [7, 11) is 1.44. The lowest BCUT2D eigenvalue weighted by molar-refractivity contribution is -0.133. The fourth-order valence-electron chi connectivity index (χ4n) is 3.27. The molecule has 3 rings (SSSR count). The Bertz CT molecular complexity index is 728. The second-order valence-electron chi connectivity index (χ2n) is 6.61. The molecule has 0 aliphatic carbocycles. The average molecular weight is 356 g/mol. The van der Waals surface area contributed by atoms with Crippen LogP contribution in [0.1, 0.15) is 17.5 Å². The summed E-state index contributed by atoms with van der Waals surface area (Å²) in [6, 6.07) is 15.3. The molecule has 0 saturated carbocycles. The zero-order chi connectivity index (χ0) is 18.4. The smallest absolute Gasteiger partial charge is 0.222 e. The van der Waals surface area contributed by atoms with E-state index in [0.29, 0.717) is 12.8 Å². The molecule has 1 saturated heterocycles. The zero-order valence-electron chi connectivity index (χ0n) is 15.2. The van der Waals surface area contributed by atoms with Crippen LogP contribution in [0.3, 0.4) is 0 Å². The highest BCUT2D eigenvalue weighted by Gasteiger charge is 2.21. The molecule has 5 heteroatoms. The van der Waals surface area contributed by atoms with Crippen LogP contribution in [-0.2, 0) is 17.8 Å². The van der Waals surface area contributed by atoms with E-state index in [-0.39, 0.29) is 17.5 Å². The fraction of sp³-hybridized carbons (Fsp3) is 0.381. The Morgan fingerprint density at radius 2 is 1.77 bits per heavy atom. The Kier molecular flexibility index (Phi) is 6.23. The van der Waals surface area contributed by atoms with Crippen molar-refractivity contribution in [2.24, 2.45) is 0 Å². The topological polar surface area (TPSA) is 32.8 Å². The number of methoxy groups -OCH3 is 1. The van der Waals surface area contributed by atoms with Gasteiger partial charge in [-0.15, -0.1) is 0 Å². The van der Waals surface area contributed by atoms with Crippen molar-refractivity contribution in [2.45, 2.75) is 19.4 Å². The SMILES string of the molecule is COc1ccc(CCC(=O)N2CCN(Cc3ccccc3)CC2)cc1F. The Morgan fingerprint density at radius 1 is 1.04 bits per heavy atom. The molecule has 0 radical (unpaired) electrons. The van der Waals surface area contributed by atoms with Crippen LogP contribution in [0.25, 0.3) is 0 Å². The maximum Gasteiger partial charge on any atom is 0.222 e. The first kappa shape index (κ1) is 18.4. The Labute approximate surface area is 154 Å². The molecular formula is C21H25FN2O2. The van der Waals surface area contributed by atoms with Gasteiger partial charge < -0.3 is 9.64 Å². The van der Waals surface area contributed by atoms with Gasteiger partial charge in [0.15, 0.2) is 11.6 Å². The van der Waals surface area contributed by atoms with Crippen LogP contribution in [0, 0.1) is 5.82 Å². The Balaban J connectivity index is 1.44. The molecule has 0 N–H and O–H groups in total. The summed E-state index contributed by atoms with van der Waals surface area (Å²) < 4.78 is 18.6. The van der Waals surface area contributed by atoms with Crippen molar-refractivity contribution < 1.29 is 13.9 Å². The number of hydrogen-bond donors (Lipinski definition) is 0. The van der Waals surface area contributed by atoms with Gasteiger partial charge in [-0.25, -0.2) is 4.39 Å². The molecule has 0 atom stereocenters. The molecule has 2 aromatic carbocycles. The normalized spacial score (nSPS) is 15.1. The van der Waals surface area contributed by atoms with Crippen molar-refractivity contribution in [2.75, 3.05) is 33.3 Å². The molecule has 1 aliphatic heterocycles. The zero-order valence-corrected chi connectivity index (χ0v) is 15.2. The van der Waals surface area contributed by atoms with Crippen LogP contribution in [-0.4, -0.2) is 49.0 Å². The van der Waals surface area contributed by atoms with E-state index in [9.17, 15) is 9.18 Å². The van der Waals surface area contributed by atoms with Crippen LogP contribution in [0.15, 0.2) is 48.5 Å². The van der Waals surface area contributed by atoms with Gasteiger partial charge in [-0.05, 0) is 29.7 Å². The van der Waals surface area contributed by atoms with Gasteiger partial charge in [-0.1, -0.05) is 36.4 Å². The summed E-state index contributed by atoms with van der Waals surface area (Å²) in [5.41, 5.74) is 2.12. The monoisotopic (exact) mass is 356 g/mol. The van der Waals surface area contributed by atoms with Crippen LogP contribution < -0.4 is 4.74 Å². The molecule has 4 nitrogen and oxygen atoms in total. The largest absolute Gasteiger partial charge is 0.494 e. The molecule has 1 fully saturated rings.